The largest absolute Gasteiger partial charge is 0.295 e. The quantitative estimate of drug-likeness (QED) is 0.468. The highest BCUT2D eigenvalue weighted by atomic mass is 32.2. The standard InChI is InChI=1S/C21H19N3S/c1-15-8-9-19(13-16(15)2)24-12-11-23-21(24)25-14-18-6-3-5-17-7-4-10-22-20(17)18/h3-13H,14H2,1-2H3. The van der Waals surface area contributed by atoms with Crippen LogP contribution in [-0.4, -0.2) is 14.5 Å². The number of rotatable bonds is 4. The zero-order chi connectivity index (χ0) is 17.2. The van der Waals surface area contributed by atoms with E-state index in [-0.39, 0.29) is 0 Å². The van der Waals surface area contributed by atoms with Crippen LogP contribution in [0.15, 0.2) is 72.3 Å². The van der Waals surface area contributed by atoms with Gasteiger partial charge in [-0.05, 0) is 48.7 Å². The number of fused-ring (bicyclic) bond motifs is 1. The number of benzene rings is 2. The third-order valence-electron chi connectivity index (χ3n) is 4.45. The molecule has 2 aromatic carbocycles. The SMILES string of the molecule is Cc1ccc(-n2ccnc2SCc2cccc3cccnc23)cc1C. The topological polar surface area (TPSA) is 30.7 Å². The van der Waals surface area contributed by atoms with Gasteiger partial charge < -0.3 is 0 Å². The molecule has 4 heteroatoms. The highest BCUT2D eigenvalue weighted by Crippen LogP contribution is 2.27. The maximum atomic E-state index is 4.55. The minimum absolute atomic E-state index is 0.843. The molecule has 4 aromatic rings. The van der Waals surface area contributed by atoms with Crippen molar-refractivity contribution in [3.63, 3.8) is 0 Å². The predicted molar refractivity (Wildman–Crippen MR) is 104 cm³/mol. The molecule has 0 aliphatic heterocycles. The van der Waals surface area contributed by atoms with Crippen LogP contribution in [0.4, 0.5) is 0 Å². The van der Waals surface area contributed by atoms with Crippen LogP contribution in [0.1, 0.15) is 16.7 Å². The Kier molecular flexibility index (Phi) is 4.28. The molecule has 3 nitrogen and oxygen atoms in total. The van der Waals surface area contributed by atoms with Gasteiger partial charge in [-0.1, -0.05) is 42.1 Å². The Morgan fingerprint density at radius 1 is 0.920 bits per heavy atom. The molecule has 0 spiro atoms. The summed E-state index contributed by atoms with van der Waals surface area (Å²) in [5.74, 6) is 0.843. The molecule has 0 saturated carbocycles. The molecule has 0 radical (unpaired) electrons. The van der Waals surface area contributed by atoms with E-state index >= 15 is 0 Å². The Morgan fingerprint density at radius 3 is 2.68 bits per heavy atom. The molecule has 0 saturated heterocycles. The van der Waals surface area contributed by atoms with Gasteiger partial charge in [0.15, 0.2) is 5.16 Å². The maximum absolute atomic E-state index is 4.55. The highest BCUT2D eigenvalue weighted by molar-refractivity contribution is 7.98. The summed E-state index contributed by atoms with van der Waals surface area (Å²) in [4.78, 5) is 9.09. The molecule has 0 amide bonds. The van der Waals surface area contributed by atoms with Crippen LogP contribution in [0.2, 0.25) is 0 Å². The predicted octanol–water partition coefficient (Wildman–Crippen LogP) is 5.33. The van der Waals surface area contributed by atoms with Gasteiger partial charge in [-0.3, -0.25) is 9.55 Å². The maximum Gasteiger partial charge on any atom is 0.172 e. The Hall–Kier alpha value is -2.59. The summed E-state index contributed by atoms with van der Waals surface area (Å²) in [7, 11) is 0. The van der Waals surface area contributed by atoms with Crippen molar-refractivity contribution in [2.75, 3.05) is 0 Å². The van der Waals surface area contributed by atoms with Crippen LogP contribution >= 0.6 is 11.8 Å². The van der Waals surface area contributed by atoms with Crippen molar-refractivity contribution in [3.05, 3.63) is 83.8 Å². The van der Waals surface area contributed by atoms with Crippen LogP contribution < -0.4 is 0 Å². The highest BCUT2D eigenvalue weighted by Gasteiger charge is 2.09. The van der Waals surface area contributed by atoms with Crippen molar-refractivity contribution in [2.45, 2.75) is 24.8 Å². The number of thioether (sulfide) groups is 1. The molecule has 25 heavy (non-hydrogen) atoms. The molecule has 0 fully saturated rings. The van der Waals surface area contributed by atoms with Crippen molar-refractivity contribution in [2.24, 2.45) is 0 Å². The van der Waals surface area contributed by atoms with E-state index in [4.69, 9.17) is 0 Å². The van der Waals surface area contributed by atoms with Gasteiger partial charge in [-0.25, -0.2) is 4.98 Å². The number of nitrogens with zero attached hydrogens (tertiary/aromatic N) is 3. The average molecular weight is 345 g/mol. The molecule has 0 aliphatic carbocycles. The average Bonchev–Trinajstić information content (AvgIpc) is 3.11. The summed E-state index contributed by atoms with van der Waals surface area (Å²) < 4.78 is 2.15. The lowest BCUT2D eigenvalue weighted by molar-refractivity contribution is 0.893. The van der Waals surface area contributed by atoms with Crippen LogP contribution in [0.5, 0.6) is 0 Å². The van der Waals surface area contributed by atoms with Gasteiger partial charge >= 0.3 is 0 Å². The molecule has 0 aliphatic rings. The first-order valence-electron chi connectivity index (χ1n) is 8.29. The van der Waals surface area contributed by atoms with Gasteiger partial charge in [-0.15, -0.1) is 0 Å². The summed E-state index contributed by atoms with van der Waals surface area (Å²) in [5.41, 5.74) is 6.05. The number of aromatic nitrogens is 3. The van der Waals surface area contributed by atoms with Crippen LogP contribution in [0, 0.1) is 13.8 Å². The van der Waals surface area contributed by atoms with E-state index in [1.54, 1.807) is 11.8 Å². The van der Waals surface area contributed by atoms with Crippen LogP contribution in [0.3, 0.4) is 0 Å². The van der Waals surface area contributed by atoms with Gasteiger partial charge in [0.1, 0.15) is 0 Å². The number of aryl methyl sites for hydroxylation is 2. The number of hydrogen-bond acceptors (Lipinski definition) is 3. The van der Waals surface area contributed by atoms with E-state index in [9.17, 15) is 0 Å². The molecule has 124 valence electrons. The first-order valence-corrected chi connectivity index (χ1v) is 9.27. The van der Waals surface area contributed by atoms with E-state index in [1.807, 2.05) is 24.7 Å². The molecule has 0 bridgehead atoms. The lowest BCUT2D eigenvalue weighted by Gasteiger charge is -2.10. The number of para-hydroxylation sites is 1. The third-order valence-corrected chi connectivity index (χ3v) is 5.46. The van der Waals surface area contributed by atoms with Gasteiger partial charge in [-0.2, -0.15) is 0 Å². The monoisotopic (exact) mass is 345 g/mol. The Bertz CT molecular complexity index is 1030. The van der Waals surface area contributed by atoms with Gasteiger partial charge in [0, 0.05) is 35.4 Å². The summed E-state index contributed by atoms with van der Waals surface area (Å²) in [5, 5.41) is 2.18. The number of imidazole rings is 1. The van der Waals surface area contributed by atoms with Crippen molar-refractivity contribution < 1.29 is 0 Å². The van der Waals surface area contributed by atoms with Crippen LogP contribution in [0.25, 0.3) is 16.6 Å². The summed E-state index contributed by atoms with van der Waals surface area (Å²) in [6.07, 6.45) is 5.74. The van der Waals surface area contributed by atoms with E-state index in [2.05, 4.69) is 70.8 Å². The summed E-state index contributed by atoms with van der Waals surface area (Å²) in [6.45, 7) is 4.28. The van der Waals surface area contributed by atoms with Gasteiger partial charge in [0.05, 0.1) is 5.52 Å². The zero-order valence-corrected chi connectivity index (χ0v) is 15.1. The first kappa shape index (κ1) is 15.9. The number of pyridine rings is 1. The smallest absolute Gasteiger partial charge is 0.172 e. The normalized spacial score (nSPS) is 11.1. The second kappa shape index (κ2) is 6.73. The van der Waals surface area contributed by atoms with E-state index in [1.165, 1.54) is 22.1 Å². The molecular weight excluding hydrogens is 326 g/mol. The van der Waals surface area contributed by atoms with Crippen molar-refractivity contribution in [3.8, 4) is 5.69 Å². The lowest BCUT2D eigenvalue weighted by Crippen LogP contribution is -1.97. The van der Waals surface area contributed by atoms with Crippen molar-refractivity contribution in [1.29, 1.82) is 0 Å². The second-order valence-electron chi connectivity index (χ2n) is 6.13. The minimum Gasteiger partial charge on any atom is -0.295 e. The molecular formula is C21H19N3S. The van der Waals surface area contributed by atoms with Gasteiger partial charge in [0.2, 0.25) is 0 Å². The number of hydrogen-bond donors (Lipinski definition) is 0. The molecule has 2 heterocycles. The van der Waals surface area contributed by atoms with E-state index < -0.39 is 0 Å². The van der Waals surface area contributed by atoms with Crippen molar-refractivity contribution >= 4 is 22.7 Å². The Balaban J connectivity index is 1.62. The lowest BCUT2D eigenvalue weighted by atomic mass is 10.1. The fourth-order valence-electron chi connectivity index (χ4n) is 2.89. The first-order chi connectivity index (χ1) is 12.2. The molecule has 4 rings (SSSR count). The van der Waals surface area contributed by atoms with Gasteiger partial charge in [0.25, 0.3) is 0 Å². The molecule has 0 N–H and O–H groups in total. The zero-order valence-electron chi connectivity index (χ0n) is 14.3. The van der Waals surface area contributed by atoms with E-state index in [0.29, 0.717) is 0 Å². The van der Waals surface area contributed by atoms with E-state index in [0.717, 1.165) is 22.1 Å². The molecule has 0 unspecified atom stereocenters. The minimum atomic E-state index is 0.843. The Labute approximate surface area is 151 Å². The van der Waals surface area contributed by atoms with Crippen molar-refractivity contribution in [1.82, 2.24) is 14.5 Å². The second-order valence-corrected chi connectivity index (χ2v) is 7.07. The molecule has 2 aromatic heterocycles. The Morgan fingerprint density at radius 2 is 1.80 bits per heavy atom. The fourth-order valence-corrected chi connectivity index (χ4v) is 3.85. The summed E-state index contributed by atoms with van der Waals surface area (Å²) in [6, 6.07) is 16.9. The molecule has 0 atom stereocenters. The summed E-state index contributed by atoms with van der Waals surface area (Å²) >= 11 is 1.74. The third kappa shape index (κ3) is 3.17. The van der Waals surface area contributed by atoms with Crippen LogP contribution in [-0.2, 0) is 5.75 Å². The fraction of sp³-hybridized carbons (Fsp3) is 0.143.